The molecule has 0 bridgehead atoms. The molecule has 0 radical (unpaired) electrons. The van der Waals surface area contributed by atoms with Crippen molar-refractivity contribution in [1.29, 1.82) is 0 Å². The molecular formula is C13H18N2OS. The Hall–Kier alpha value is -1.03. The van der Waals surface area contributed by atoms with E-state index in [0.717, 1.165) is 5.69 Å². The zero-order valence-electron chi connectivity index (χ0n) is 9.89. The van der Waals surface area contributed by atoms with Gasteiger partial charge in [-0.3, -0.25) is 9.78 Å². The molecular weight excluding hydrogens is 232 g/mol. The highest BCUT2D eigenvalue weighted by atomic mass is 32.2. The highest BCUT2D eigenvalue weighted by Gasteiger charge is 2.16. The number of hydrogen-bond acceptors (Lipinski definition) is 3. The fraction of sp³-hybridized carbons (Fsp3) is 0.538. The second kappa shape index (κ2) is 6.64. The molecule has 2 heterocycles. The van der Waals surface area contributed by atoms with Crippen molar-refractivity contribution >= 4 is 17.7 Å². The van der Waals surface area contributed by atoms with Gasteiger partial charge in [-0.05, 0) is 42.4 Å². The predicted octanol–water partition coefficient (Wildman–Crippen LogP) is 2.23. The minimum atomic E-state index is 0.160. The molecule has 1 N–H and O–H groups in total. The first kappa shape index (κ1) is 12.4. The summed E-state index contributed by atoms with van der Waals surface area (Å²) in [6, 6.07) is 5.75. The lowest BCUT2D eigenvalue weighted by atomic mass is 9.98. The van der Waals surface area contributed by atoms with E-state index in [1.54, 1.807) is 6.20 Å². The van der Waals surface area contributed by atoms with Crippen molar-refractivity contribution in [3.05, 3.63) is 30.1 Å². The Bertz CT molecular complexity index is 350. The van der Waals surface area contributed by atoms with Crippen molar-refractivity contribution in [2.24, 2.45) is 5.92 Å². The number of hydrogen-bond donors (Lipinski definition) is 1. The second-order valence-corrected chi connectivity index (χ2v) is 5.58. The van der Waals surface area contributed by atoms with Crippen LogP contribution in [-0.4, -0.2) is 22.4 Å². The summed E-state index contributed by atoms with van der Waals surface area (Å²) in [6.07, 6.45) is 4.79. The summed E-state index contributed by atoms with van der Waals surface area (Å²) in [5, 5.41) is 2.94. The number of nitrogens with one attached hydrogen (secondary N) is 1. The number of rotatable bonds is 4. The third-order valence-electron chi connectivity index (χ3n) is 3.01. The molecule has 1 aliphatic rings. The quantitative estimate of drug-likeness (QED) is 0.891. The fourth-order valence-electron chi connectivity index (χ4n) is 1.98. The molecule has 1 fully saturated rings. The molecule has 17 heavy (non-hydrogen) atoms. The average molecular weight is 250 g/mol. The summed E-state index contributed by atoms with van der Waals surface area (Å²) in [7, 11) is 0. The van der Waals surface area contributed by atoms with Crippen molar-refractivity contribution in [3.8, 4) is 0 Å². The normalized spacial score (nSPS) is 16.7. The summed E-state index contributed by atoms with van der Waals surface area (Å²) < 4.78 is 0. The van der Waals surface area contributed by atoms with E-state index in [-0.39, 0.29) is 5.91 Å². The van der Waals surface area contributed by atoms with E-state index in [4.69, 9.17) is 0 Å². The minimum absolute atomic E-state index is 0.160. The van der Waals surface area contributed by atoms with Gasteiger partial charge in [-0.15, -0.1) is 0 Å². The number of pyridine rings is 1. The molecule has 0 atom stereocenters. The maximum atomic E-state index is 11.7. The molecule has 1 aromatic heterocycles. The van der Waals surface area contributed by atoms with Crippen LogP contribution >= 0.6 is 11.8 Å². The highest BCUT2D eigenvalue weighted by Crippen LogP contribution is 2.24. The maximum Gasteiger partial charge on any atom is 0.220 e. The van der Waals surface area contributed by atoms with Gasteiger partial charge in [-0.2, -0.15) is 11.8 Å². The van der Waals surface area contributed by atoms with Crippen LogP contribution in [0.15, 0.2) is 24.4 Å². The molecule has 4 heteroatoms. The Kier molecular flexibility index (Phi) is 4.86. The minimum Gasteiger partial charge on any atom is -0.350 e. The molecule has 0 unspecified atom stereocenters. The molecule has 1 aromatic rings. The summed E-state index contributed by atoms with van der Waals surface area (Å²) in [5.41, 5.74) is 0.917. The van der Waals surface area contributed by atoms with Crippen molar-refractivity contribution < 1.29 is 4.79 Å². The van der Waals surface area contributed by atoms with Crippen molar-refractivity contribution in [1.82, 2.24) is 10.3 Å². The number of carbonyl (C=O) groups is 1. The molecule has 0 spiro atoms. The molecule has 1 aliphatic heterocycles. The van der Waals surface area contributed by atoms with Crippen LogP contribution in [0.4, 0.5) is 0 Å². The first-order valence-electron chi connectivity index (χ1n) is 6.09. The molecule has 3 nitrogen and oxygen atoms in total. The van der Waals surface area contributed by atoms with Gasteiger partial charge < -0.3 is 5.32 Å². The second-order valence-electron chi connectivity index (χ2n) is 4.36. The Labute approximate surface area is 106 Å². The third kappa shape index (κ3) is 4.38. The van der Waals surface area contributed by atoms with E-state index in [0.29, 0.717) is 18.9 Å². The number of thioether (sulfide) groups is 1. The summed E-state index contributed by atoms with van der Waals surface area (Å²) in [4.78, 5) is 15.9. The van der Waals surface area contributed by atoms with Crippen LogP contribution in [0.1, 0.15) is 25.0 Å². The summed E-state index contributed by atoms with van der Waals surface area (Å²) >= 11 is 1.99. The molecule has 0 aliphatic carbocycles. The van der Waals surface area contributed by atoms with Crippen LogP contribution in [0.5, 0.6) is 0 Å². The maximum absolute atomic E-state index is 11.7. The molecule has 1 saturated heterocycles. The van der Waals surface area contributed by atoms with Gasteiger partial charge in [-0.1, -0.05) is 6.07 Å². The van der Waals surface area contributed by atoms with E-state index < -0.39 is 0 Å². The Morgan fingerprint density at radius 2 is 2.24 bits per heavy atom. The van der Waals surface area contributed by atoms with E-state index in [9.17, 15) is 4.79 Å². The van der Waals surface area contributed by atoms with Gasteiger partial charge in [0.1, 0.15) is 0 Å². The smallest absolute Gasteiger partial charge is 0.220 e. The van der Waals surface area contributed by atoms with Gasteiger partial charge in [0.05, 0.1) is 12.2 Å². The van der Waals surface area contributed by atoms with Crippen LogP contribution in [0.25, 0.3) is 0 Å². The lowest BCUT2D eigenvalue weighted by Gasteiger charge is -2.20. The Morgan fingerprint density at radius 3 is 2.94 bits per heavy atom. The van der Waals surface area contributed by atoms with Gasteiger partial charge in [-0.25, -0.2) is 0 Å². The molecule has 2 rings (SSSR count). The van der Waals surface area contributed by atoms with Crippen LogP contribution < -0.4 is 5.32 Å². The molecule has 0 aromatic carbocycles. The van der Waals surface area contributed by atoms with Gasteiger partial charge in [0.15, 0.2) is 0 Å². The van der Waals surface area contributed by atoms with Gasteiger partial charge >= 0.3 is 0 Å². The first-order chi connectivity index (χ1) is 8.34. The standard InChI is InChI=1S/C13H18N2OS/c16-13(9-11-4-7-17-8-5-11)15-10-12-3-1-2-6-14-12/h1-3,6,11H,4-5,7-10H2,(H,15,16). The number of carbonyl (C=O) groups excluding carboxylic acids is 1. The number of nitrogens with zero attached hydrogens (tertiary/aromatic N) is 1. The fourth-order valence-corrected chi connectivity index (χ4v) is 3.18. The number of amides is 1. The highest BCUT2D eigenvalue weighted by molar-refractivity contribution is 7.99. The zero-order chi connectivity index (χ0) is 11.9. The Balaban J connectivity index is 1.70. The van der Waals surface area contributed by atoms with Crippen LogP contribution in [-0.2, 0) is 11.3 Å². The van der Waals surface area contributed by atoms with E-state index in [2.05, 4.69) is 10.3 Å². The first-order valence-corrected chi connectivity index (χ1v) is 7.24. The number of aromatic nitrogens is 1. The average Bonchev–Trinajstić information content (AvgIpc) is 2.39. The molecule has 0 saturated carbocycles. The van der Waals surface area contributed by atoms with Gasteiger partial charge in [0.2, 0.25) is 5.91 Å². The largest absolute Gasteiger partial charge is 0.350 e. The van der Waals surface area contributed by atoms with Crippen molar-refractivity contribution in [2.45, 2.75) is 25.8 Å². The van der Waals surface area contributed by atoms with Crippen LogP contribution in [0, 0.1) is 5.92 Å². The summed E-state index contributed by atoms with van der Waals surface area (Å²) in [5.74, 6) is 3.16. The zero-order valence-corrected chi connectivity index (χ0v) is 10.7. The lowest BCUT2D eigenvalue weighted by Crippen LogP contribution is -2.26. The van der Waals surface area contributed by atoms with Gasteiger partial charge in [0, 0.05) is 12.6 Å². The monoisotopic (exact) mass is 250 g/mol. The predicted molar refractivity (Wildman–Crippen MR) is 70.7 cm³/mol. The Morgan fingerprint density at radius 1 is 1.41 bits per heavy atom. The van der Waals surface area contributed by atoms with Crippen molar-refractivity contribution in [2.75, 3.05) is 11.5 Å². The van der Waals surface area contributed by atoms with E-state index in [1.807, 2.05) is 30.0 Å². The third-order valence-corrected chi connectivity index (χ3v) is 4.06. The van der Waals surface area contributed by atoms with Gasteiger partial charge in [0.25, 0.3) is 0 Å². The topological polar surface area (TPSA) is 42.0 Å². The SMILES string of the molecule is O=C(CC1CCSCC1)NCc1ccccn1. The molecule has 1 amide bonds. The van der Waals surface area contributed by atoms with E-state index >= 15 is 0 Å². The van der Waals surface area contributed by atoms with Crippen LogP contribution in [0.2, 0.25) is 0 Å². The summed E-state index contributed by atoms with van der Waals surface area (Å²) in [6.45, 7) is 0.543. The lowest BCUT2D eigenvalue weighted by molar-refractivity contribution is -0.122. The molecule has 92 valence electrons. The van der Waals surface area contributed by atoms with Crippen LogP contribution in [0.3, 0.4) is 0 Å². The van der Waals surface area contributed by atoms with Crippen molar-refractivity contribution in [3.63, 3.8) is 0 Å². The van der Waals surface area contributed by atoms with E-state index in [1.165, 1.54) is 24.3 Å².